The second-order valence-electron chi connectivity index (χ2n) is 8.58. The molecular weight excluding hydrogens is 426 g/mol. The van der Waals surface area contributed by atoms with Crippen LogP contribution in [-0.4, -0.2) is 44.5 Å². The van der Waals surface area contributed by atoms with Gasteiger partial charge in [-0.1, -0.05) is 29.8 Å². The smallest absolute Gasteiger partial charge is 0.256 e. The third-order valence-electron chi connectivity index (χ3n) is 5.73. The average molecular weight is 458 g/mol. The molecule has 3 rings (SSSR count). The van der Waals surface area contributed by atoms with Crippen molar-refractivity contribution in [1.29, 1.82) is 0 Å². The highest BCUT2D eigenvalue weighted by atomic mass is 32.2. The third kappa shape index (κ3) is 6.82. The molecule has 0 spiro atoms. The molecule has 1 aliphatic heterocycles. The van der Waals surface area contributed by atoms with Gasteiger partial charge in [-0.15, -0.1) is 0 Å². The van der Waals surface area contributed by atoms with Gasteiger partial charge in [0.2, 0.25) is 15.9 Å². The molecule has 8 heteroatoms. The molecule has 0 atom stereocenters. The van der Waals surface area contributed by atoms with Crippen LogP contribution in [0.4, 0.5) is 11.4 Å². The van der Waals surface area contributed by atoms with Gasteiger partial charge in [0.25, 0.3) is 5.91 Å². The van der Waals surface area contributed by atoms with Gasteiger partial charge in [0, 0.05) is 25.7 Å². The van der Waals surface area contributed by atoms with Crippen LogP contribution in [0.1, 0.15) is 47.7 Å². The van der Waals surface area contributed by atoms with Crippen LogP contribution in [0, 0.1) is 12.8 Å². The number of carbonyl (C=O) groups is 2. The quantitative estimate of drug-likeness (QED) is 0.661. The lowest BCUT2D eigenvalue weighted by molar-refractivity contribution is -0.114. The molecule has 172 valence electrons. The predicted octanol–water partition coefficient (Wildman–Crippen LogP) is 3.81. The van der Waals surface area contributed by atoms with Crippen molar-refractivity contribution in [2.75, 3.05) is 29.4 Å². The number of nitrogens with zero attached hydrogens (tertiary/aromatic N) is 1. The third-order valence-corrected chi connectivity index (χ3v) is 6.32. The molecule has 2 aromatic rings. The van der Waals surface area contributed by atoms with Crippen molar-refractivity contribution in [3.05, 3.63) is 59.2 Å². The predicted molar refractivity (Wildman–Crippen MR) is 127 cm³/mol. The molecule has 2 N–H and O–H groups in total. The molecule has 0 aromatic heterocycles. The Labute approximate surface area is 190 Å². The molecule has 32 heavy (non-hydrogen) atoms. The number of likely N-dealkylation sites (tertiary alicyclic amines) is 1. The number of rotatable bonds is 7. The minimum Gasteiger partial charge on any atom is -0.339 e. The topological polar surface area (TPSA) is 95.6 Å². The van der Waals surface area contributed by atoms with Crippen molar-refractivity contribution >= 4 is 33.2 Å². The van der Waals surface area contributed by atoms with Gasteiger partial charge in [0.05, 0.1) is 17.5 Å². The Morgan fingerprint density at radius 2 is 1.72 bits per heavy atom. The fourth-order valence-corrected chi connectivity index (χ4v) is 4.59. The minimum absolute atomic E-state index is 0.216. The number of aryl methyl sites for hydroxylation is 2. The number of hydrogen-bond acceptors (Lipinski definition) is 4. The van der Waals surface area contributed by atoms with E-state index in [4.69, 9.17) is 0 Å². The zero-order chi connectivity index (χ0) is 23.3. The summed E-state index contributed by atoms with van der Waals surface area (Å²) in [5.74, 6) is 0.0571. The van der Waals surface area contributed by atoms with Gasteiger partial charge in [0.15, 0.2) is 0 Å². The SMILES string of the molecule is CC(=O)Nc1ccc(NS(C)(=O)=O)c(C(=O)N2CCC(CCc3ccc(C)cc3)CC2)c1. The summed E-state index contributed by atoms with van der Waals surface area (Å²) in [6.45, 7) is 4.71. The molecule has 1 aliphatic rings. The highest BCUT2D eigenvalue weighted by Crippen LogP contribution is 2.27. The monoisotopic (exact) mass is 457 g/mol. The Morgan fingerprint density at radius 3 is 2.31 bits per heavy atom. The lowest BCUT2D eigenvalue weighted by atomic mass is 9.90. The van der Waals surface area contributed by atoms with Crippen LogP contribution in [0.2, 0.25) is 0 Å². The zero-order valence-electron chi connectivity index (χ0n) is 18.8. The first kappa shape index (κ1) is 23.8. The molecule has 7 nitrogen and oxygen atoms in total. The number of benzene rings is 2. The Morgan fingerprint density at radius 1 is 1.06 bits per heavy atom. The molecule has 0 aliphatic carbocycles. The van der Waals surface area contributed by atoms with E-state index in [0.717, 1.165) is 31.9 Å². The van der Waals surface area contributed by atoms with Crippen LogP contribution in [-0.2, 0) is 21.2 Å². The second kappa shape index (κ2) is 10.2. The van der Waals surface area contributed by atoms with Gasteiger partial charge in [-0.3, -0.25) is 14.3 Å². The van der Waals surface area contributed by atoms with Crippen molar-refractivity contribution < 1.29 is 18.0 Å². The van der Waals surface area contributed by atoms with Crippen LogP contribution in [0.25, 0.3) is 0 Å². The van der Waals surface area contributed by atoms with E-state index in [1.807, 2.05) is 0 Å². The number of amides is 2. The summed E-state index contributed by atoms with van der Waals surface area (Å²) in [6, 6.07) is 13.2. The normalized spacial score (nSPS) is 14.8. The largest absolute Gasteiger partial charge is 0.339 e. The molecule has 0 saturated carbocycles. The highest BCUT2D eigenvalue weighted by Gasteiger charge is 2.26. The number of anilines is 2. The van der Waals surface area contributed by atoms with E-state index in [0.29, 0.717) is 24.7 Å². The lowest BCUT2D eigenvalue weighted by Crippen LogP contribution is -2.39. The lowest BCUT2D eigenvalue weighted by Gasteiger charge is -2.32. The van der Waals surface area contributed by atoms with Gasteiger partial charge in [-0.2, -0.15) is 0 Å². The Bertz CT molecular complexity index is 1070. The number of carbonyl (C=O) groups excluding carboxylic acids is 2. The molecule has 2 amide bonds. The van der Waals surface area contributed by atoms with Crippen LogP contribution >= 0.6 is 0 Å². The Balaban J connectivity index is 1.66. The number of piperidine rings is 1. The molecular formula is C24H31N3O4S. The molecule has 1 fully saturated rings. The van der Waals surface area contributed by atoms with Gasteiger partial charge >= 0.3 is 0 Å². The molecule has 0 radical (unpaired) electrons. The maximum absolute atomic E-state index is 13.2. The maximum atomic E-state index is 13.2. The van der Waals surface area contributed by atoms with E-state index < -0.39 is 10.0 Å². The minimum atomic E-state index is -3.55. The Kier molecular flexibility index (Phi) is 7.56. The summed E-state index contributed by atoms with van der Waals surface area (Å²) in [5.41, 5.74) is 3.49. The van der Waals surface area contributed by atoms with E-state index >= 15 is 0 Å². The van der Waals surface area contributed by atoms with E-state index in [1.54, 1.807) is 11.0 Å². The van der Waals surface area contributed by atoms with E-state index in [1.165, 1.54) is 30.2 Å². The van der Waals surface area contributed by atoms with E-state index in [9.17, 15) is 18.0 Å². The first-order chi connectivity index (χ1) is 15.1. The zero-order valence-corrected chi connectivity index (χ0v) is 19.7. The molecule has 2 aromatic carbocycles. The summed E-state index contributed by atoms with van der Waals surface area (Å²) in [4.78, 5) is 26.4. The molecule has 1 heterocycles. The van der Waals surface area contributed by atoms with Crippen LogP contribution in [0.3, 0.4) is 0 Å². The van der Waals surface area contributed by atoms with Gasteiger partial charge < -0.3 is 10.2 Å². The first-order valence-electron chi connectivity index (χ1n) is 10.8. The summed E-state index contributed by atoms with van der Waals surface area (Å²) >= 11 is 0. The standard InChI is InChI=1S/C24H31N3O4S/c1-17-4-6-19(7-5-17)8-9-20-12-14-27(15-13-20)24(29)22-16-21(25-18(2)28)10-11-23(22)26-32(3,30)31/h4-7,10-11,16,20,26H,8-9,12-15H2,1-3H3,(H,25,28). The van der Waals surface area contributed by atoms with Gasteiger partial charge in [-0.25, -0.2) is 8.42 Å². The number of hydrogen-bond donors (Lipinski definition) is 2. The van der Waals surface area contributed by atoms with Crippen molar-refractivity contribution in [3.63, 3.8) is 0 Å². The summed E-state index contributed by atoms with van der Waals surface area (Å²) < 4.78 is 25.9. The van der Waals surface area contributed by atoms with Crippen LogP contribution in [0.15, 0.2) is 42.5 Å². The van der Waals surface area contributed by atoms with Crippen LogP contribution < -0.4 is 10.0 Å². The average Bonchev–Trinajstić information content (AvgIpc) is 2.73. The van der Waals surface area contributed by atoms with Crippen LogP contribution in [0.5, 0.6) is 0 Å². The molecule has 0 unspecified atom stereocenters. The van der Waals surface area contributed by atoms with E-state index in [-0.39, 0.29) is 23.1 Å². The fraction of sp³-hybridized carbons (Fsp3) is 0.417. The highest BCUT2D eigenvalue weighted by molar-refractivity contribution is 7.92. The summed E-state index contributed by atoms with van der Waals surface area (Å²) in [5, 5.41) is 2.65. The van der Waals surface area contributed by atoms with Crippen molar-refractivity contribution in [1.82, 2.24) is 4.90 Å². The Hall–Kier alpha value is -2.87. The van der Waals surface area contributed by atoms with Gasteiger partial charge in [-0.05, 0) is 62.3 Å². The van der Waals surface area contributed by atoms with Gasteiger partial charge in [0.1, 0.15) is 0 Å². The maximum Gasteiger partial charge on any atom is 0.256 e. The number of sulfonamides is 1. The van der Waals surface area contributed by atoms with E-state index in [2.05, 4.69) is 41.2 Å². The fourth-order valence-electron chi connectivity index (χ4n) is 4.01. The summed E-state index contributed by atoms with van der Waals surface area (Å²) in [7, 11) is -3.55. The molecule has 0 bridgehead atoms. The summed E-state index contributed by atoms with van der Waals surface area (Å²) in [6.07, 6.45) is 4.99. The van der Waals surface area contributed by atoms with Crippen molar-refractivity contribution in [3.8, 4) is 0 Å². The van der Waals surface area contributed by atoms with Crippen molar-refractivity contribution in [2.45, 2.75) is 39.5 Å². The van der Waals surface area contributed by atoms with Crippen molar-refractivity contribution in [2.24, 2.45) is 5.92 Å². The molecule has 1 saturated heterocycles. The number of nitrogens with one attached hydrogen (secondary N) is 2. The second-order valence-corrected chi connectivity index (χ2v) is 10.3. The first-order valence-corrected chi connectivity index (χ1v) is 12.7.